The smallest absolute Gasteiger partial charge is 0.394 e. The van der Waals surface area contributed by atoms with Gasteiger partial charge < -0.3 is 10.2 Å². The van der Waals surface area contributed by atoms with E-state index in [2.05, 4.69) is 6.92 Å². The summed E-state index contributed by atoms with van der Waals surface area (Å²) in [4.78, 5) is 12.0. The Morgan fingerprint density at radius 1 is 0.735 bits per heavy atom. The van der Waals surface area contributed by atoms with Crippen LogP contribution >= 0.6 is 7.82 Å². The molecule has 2 N–H and O–H groups in total. The number of ketones is 1. The van der Waals surface area contributed by atoms with Crippen molar-refractivity contribution in [2.75, 3.05) is 26.9 Å². The van der Waals surface area contributed by atoms with Gasteiger partial charge >= 0.3 is 7.82 Å². The molecule has 0 heterocycles. The second kappa shape index (κ2) is 24.4. The largest absolute Gasteiger partial charge is 0.474 e. The second-order valence-electron chi connectivity index (χ2n) is 9.29. The Balaban J connectivity index is 3.44. The number of aliphatic hydroxyl groups excluding tert-OH is 2. The monoisotopic (exact) mass is 508 g/mol. The van der Waals surface area contributed by atoms with E-state index < -0.39 is 20.5 Å². The van der Waals surface area contributed by atoms with Crippen molar-refractivity contribution in [3.05, 3.63) is 0 Å². The van der Waals surface area contributed by atoms with Crippen LogP contribution < -0.4 is 0 Å². The number of Topliss-reactive ketones (excluding diaryl/α,β-unsaturated/α-hetero) is 1. The second-order valence-corrected chi connectivity index (χ2v) is 11.1. The van der Waals surface area contributed by atoms with E-state index >= 15 is 0 Å². The van der Waals surface area contributed by atoms with E-state index in [4.69, 9.17) is 18.7 Å². The zero-order valence-corrected chi connectivity index (χ0v) is 22.9. The summed E-state index contributed by atoms with van der Waals surface area (Å²) in [6.07, 6.45) is 21.0. The molecule has 8 heteroatoms. The third kappa shape index (κ3) is 22.2. The van der Waals surface area contributed by atoms with Crippen LogP contribution in [0.25, 0.3) is 0 Å². The molecule has 0 aromatic rings. The predicted molar refractivity (Wildman–Crippen MR) is 138 cm³/mol. The summed E-state index contributed by atoms with van der Waals surface area (Å²) in [6, 6.07) is 0. The molecular formula is C26H53O7P. The fraction of sp³-hybridized carbons (Fsp3) is 0.962. The first-order valence-electron chi connectivity index (χ1n) is 13.7. The lowest BCUT2D eigenvalue weighted by atomic mass is 10.0. The standard InChI is InChI=1S/C26H53O7P/c1-3-4-5-6-7-8-9-10-11-12-13-14-15-16-17-20-25(28)21-18-19-22-32-34(30,31-2)33-24-26(29)23-27/h26-27,29H,3-24H2,1-2H3. The van der Waals surface area contributed by atoms with E-state index in [0.717, 1.165) is 12.8 Å². The van der Waals surface area contributed by atoms with Crippen LogP contribution in [0.3, 0.4) is 0 Å². The predicted octanol–water partition coefficient (Wildman–Crippen LogP) is 7.13. The Bertz CT molecular complexity index is 502. The first kappa shape index (κ1) is 33.7. The summed E-state index contributed by atoms with van der Waals surface area (Å²) in [7, 11) is -2.53. The van der Waals surface area contributed by atoms with Crippen molar-refractivity contribution in [2.45, 2.75) is 135 Å². The van der Waals surface area contributed by atoms with E-state index in [1.54, 1.807) is 0 Å². The van der Waals surface area contributed by atoms with Gasteiger partial charge in [0.25, 0.3) is 0 Å². The molecule has 0 spiro atoms. The summed E-state index contributed by atoms with van der Waals surface area (Å²) in [5.41, 5.74) is 0. The van der Waals surface area contributed by atoms with Crippen LogP contribution in [-0.2, 0) is 22.9 Å². The molecule has 204 valence electrons. The van der Waals surface area contributed by atoms with Gasteiger partial charge in [-0.2, -0.15) is 0 Å². The van der Waals surface area contributed by atoms with Crippen LogP contribution in [0, 0.1) is 0 Å². The van der Waals surface area contributed by atoms with Crippen molar-refractivity contribution in [1.82, 2.24) is 0 Å². The maximum absolute atomic E-state index is 12.1. The van der Waals surface area contributed by atoms with Crippen molar-refractivity contribution in [2.24, 2.45) is 0 Å². The molecule has 2 unspecified atom stereocenters. The highest BCUT2D eigenvalue weighted by Gasteiger charge is 2.25. The highest BCUT2D eigenvalue weighted by atomic mass is 31.2. The first-order chi connectivity index (χ1) is 16.5. The van der Waals surface area contributed by atoms with Gasteiger partial charge in [-0.3, -0.25) is 18.4 Å². The molecule has 0 fully saturated rings. The minimum atomic E-state index is -3.73. The van der Waals surface area contributed by atoms with Gasteiger partial charge in [-0.1, -0.05) is 96.8 Å². The summed E-state index contributed by atoms with van der Waals surface area (Å²) in [5, 5.41) is 18.0. The Morgan fingerprint density at radius 3 is 1.62 bits per heavy atom. The third-order valence-corrected chi connectivity index (χ3v) is 7.43. The number of phosphoric ester groups is 1. The molecular weight excluding hydrogens is 455 g/mol. The summed E-state index contributed by atoms with van der Waals surface area (Å²) in [5.74, 6) is 0.270. The van der Waals surface area contributed by atoms with E-state index in [-0.39, 0.29) is 19.0 Å². The summed E-state index contributed by atoms with van der Waals surface area (Å²) in [6.45, 7) is 1.58. The number of carbonyl (C=O) groups is 1. The highest BCUT2D eigenvalue weighted by molar-refractivity contribution is 7.48. The molecule has 0 aliphatic carbocycles. The maximum Gasteiger partial charge on any atom is 0.474 e. The van der Waals surface area contributed by atoms with Crippen LogP contribution in [0.4, 0.5) is 0 Å². The number of phosphoric acid groups is 1. The number of aliphatic hydroxyl groups is 2. The van der Waals surface area contributed by atoms with Crippen molar-refractivity contribution in [1.29, 1.82) is 0 Å². The normalized spacial score (nSPS) is 14.2. The minimum Gasteiger partial charge on any atom is -0.394 e. The fourth-order valence-electron chi connectivity index (χ4n) is 3.79. The van der Waals surface area contributed by atoms with Crippen LogP contribution in [0.15, 0.2) is 0 Å². The number of hydrogen-bond acceptors (Lipinski definition) is 7. The van der Waals surface area contributed by atoms with Gasteiger partial charge in [0.15, 0.2) is 0 Å². The molecule has 0 aromatic heterocycles. The molecule has 2 atom stereocenters. The molecule has 0 amide bonds. The molecule has 7 nitrogen and oxygen atoms in total. The number of hydrogen-bond donors (Lipinski definition) is 2. The lowest BCUT2D eigenvalue weighted by Crippen LogP contribution is -2.19. The van der Waals surface area contributed by atoms with Gasteiger partial charge in [0.2, 0.25) is 0 Å². The topological polar surface area (TPSA) is 102 Å². The van der Waals surface area contributed by atoms with Crippen molar-refractivity contribution in [3.63, 3.8) is 0 Å². The van der Waals surface area contributed by atoms with E-state index in [0.29, 0.717) is 25.7 Å². The minimum absolute atomic E-state index is 0.145. The van der Waals surface area contributed by atoms with Gasteiger partial charge in [-0.05, 0) is 19.3 Å². The molecule has 0 rings (SSSR count). The van der Waals surface area contributed by atoms with E-state index in [1.807, 2.05) is 0 Å². The van der Waals surface area contributed by atoms with Crippen molar-refractivity contribution in [3.8, 4) is 0 Å². The van der Waals surface area contributed by atoms with Gasteiger partial charge in [0.1, 0.15) is 11.9 Å². The quantitative estimate of drug-likeness (QED) is 0.0899. The molecule has 0 radical (unpaired) electrons. The zero-order valence-electron chi connectivity index (χ0n) is 22.0. The van der Waals surface area contributed by atoms with Crippen molar-refractivity contribution < 1.29 is 33.1 Å². The average Bonchev–Trinajstić information content (AvgIpc) is 2.84. The van der Waals surface area contributed by atoms with Gasteiger partial charge in [0.05, 0.1) is 19.8 Å². The van der Waals surface area contributed by atoms with Gasteiger partial charge in [-0.15, -0.1) is 0 Å². The molecule has 34 heavy (non-hydrogen) atoms. The first-order valence-corrected chi connectivity index (χ1v) is 15.2. The number of unbranched alkanes of at least 4 members (excludes halogenated alkanes) is 15. The Kier molecular flexibility index (Phi) is 24.2. The zero-order chi connectivity index (χ0) is 25.3. The molecule has 0 bridgehead atoms. The van der Waals surface area contributed by atoms with Crippen LogP contribution in [0.5, 0.6) is 0 Å². The van der Waals surface area contributed by atoms with Crippen molar-refractivity contribution >= 4 is 13.6 Å². The molecule has 0 aromatic carbocycles. The van der Waals surface area contributed by atoms with E-state index in [1.165, 1.54) is 90.6 Å². The summed E-state index contributed by atoms with van der Waals surface area (Å²) < 4.78 is 27.0. The molecule has 0 aliphatic rings. The molecule has 0 aliphatic heterocycles. The third-order valence-electron chi connectivity index (χ3n) is 6.02. The highest BCUT2D eigenvalue weighted by Crippen LogP contribution is 2.48. The Hall–Kier alpha value is -0.300. The van der Waals surface area contributed by atoms with E-state index in [9.17, 15) is 14.5 Å². The molecule has 0 saturated heterocycles. The fourth-order valence-corrected chi connectivity index (χ4v) is 4.78. The number of rotatable bonds is 27. The van der Waals surface area contributed by atoms with Gasteiger partial charge in [-0.25, -0.2) is 4.57 Å². The number of carbonyl (C=O) groups excluding carboxylic acids is 1. The Morgan fingerprint density at radius 2 is 1.18 bits per heavy atom. The average molecular weight is 509 g/mol. The lowest BCUT2D eigenvalue weighted by Gasteiger charge is -2.17. The van der Waals surface area contributed by atoms with Crippen LogP contribution in [0.2, 0.25) is 0 Å². The maximum atomic E-state index is 12.1. The Labute approximate surface area is 209 Å². The van der Waals surface area contributed by atoms with Gasteiger partial charge in [0, 0.05) is 20.0 Å². The summed E-state index contributed by atoms with van der Waals surface area (Å²) >= 11 is 0. The lowest BCUT2D eigenvalue weighted by molar-refractivity contribution is -0.119. The van der Waals surface area contributed by atoms with Crippen LogP contribution in [0.1, 0.15) is 129 Å². The SMILES string of the molecule is CCCCCCCCCCCCCCCCCC(=O)CCCCOP(=O)(OC)OCC(O)CO. The molecule has 0 saturated carbocycles. The van der Waals surface area contributed by atoms with Crippen LogP contribution in [-0.4, -0.2) is 49.0 Å².